The Labute approximate surface area is 167 Å². The lowest BCUT2D eigenvalue weighted by Gasteiger charge is -2.09. The highest BCUT2D eigenvalue weighted by Crippen LogP contribution is 2.25. The van der Waals surface area contributed by atoms with Gasteiger partial charge in [0.1, 0.15) is 6.54 Å². The number of carbonyl (C=O) groups excluding carboxylic acids is 1. The Morgan fingerprint density at radius 2 is 1.77 bits per heavy atom. The first-order valence-corrected chi connectivity index (χ1v) is 9.06. The van der Waals surface area contributed by atoms with Crippen LogP contribution >= 0.6 is 39.1 Å². The van der Waals surface area contributed by atoms with E-state index >= 15 is 0 Å². The molecule has 0 bridgehead atoms. The lowest BCUT2D eigenvalue weighted by molar-refractivity contribution is -0.117. The second-order valence-electron chi connectivity index (χ2n) is 5.40. The Bertz CT molecular complexity index is 1020. The molecule has 0 saturated carbocycles. The number of halogens is 3. The van der Waals surface area contributed by atoms with Gasteiger partial charge in [-0.25, -0.2) is 4.68 Å². The number of benzene rings is 2. The van der Waals surface area contributed by atoms with Crippen molar-refractivity contribution in [3.8, 4) is 11.3 Å². The van der Waals surface area contributed by atoms with Gasteiger partial charge >= 0.3 is 0 Å². The molecule has 0 aliphatic rings. The van der Waals surface area contributed by atoms with Gasteiger partial charge in [-0.3, -0.25) is 9.59 Å². The number of aromatic nitrogens is 2. The molecule has 132 valence electrons. The van der Waals surface area contributed by atoms with E-state index in [1.807, 2.05) is 24.3 Å². The van der Waals surface area contributed by atoms with E-state index in [2.05, 4.69) is 26.3 Å². The van der Waals surface area contributed by atoms with Gasteiger partial charge < -0.3 is 5.32 Å². The molecule has 0 radical (unpaired) electrons. The van der Waals surface area contributed by atoms with E-state index in [1.54, 1.807) is 18.2 Å². The van der Waals surface area contributed by atoms with Gasteiger partial charge in [-0.1, -0.05) is 51.3 Å². The summed E-state index contributed by atoms with van der Waals surface area (Å²) in [4.78, 5) is 24.2. The molecule has 0 fully saturated rings. The maximum absolute atomic E-state index is 12.2. The minimum absolute atomic E-state index is 0.219. The van der Waals surface area contributed by atoms with Crippen LogP contribution in [0.5, 0.6) is 0 Å². The summed E-state index contributed by atoms with van der Waals surface area (Å²) in [6.45, 7) is -0.219. The van der Waals surface area contributed by atoms with Crippen molar-refractivity contribution in [3.63, 3.8) is 0 Å². The average Bonchev–Trinajstić information content (AvgIpc) is 2.61. The summed E-state index contributed by atoms with van der Waals surface area (Å²) in [6, 6.07) is 15.3. The van der Waals surface area contributed by atoms with Crippen LogP contribution in [0.15, 0.2) is 63.9 Å². The van der Waals surface area contributed by atoms with Gasteiger partial charge in [-0.15, -0.1) is 0 Å². The number of hydrogen-bond acceptors (Lipinski definition) is 3. The van der Waals surface area contributed by atoms with Gasteiger partial charge in [0.15, 0.2) is 0 Å². The first-order valence-electron chi connectivity index (χ1n) is 7.51. The summed E-state index contributed by atoms with van der Waals surface area (Å²) in [5.74, 6) is -0.397. The number of amides is 1. The van der Waals surface area contributed by atoms with Crippen LogP contribution in [0.4, 0.5) is 5.69 Å². The lowest BCUT2D eigenvalue weighted by atomic mass is 10.1. The SMILES string of the molecule is O=C(Cn1nc(-c2ccc(Br)cc2)ccc1=O)Nc1ccc(Cl)c(Cl)c1. The fourth-order valence-electron chi connectivity index (χ4n) is 2.25. The van der Waals surface area contributed by atoms with Crippen LogP contribution in [-0.2, 0) is 11.3 Å². The Balaban J connectivity index is 1.79. The van der Waals surface area contributed by atoms with Crippen LogP contribution in [0.3, 0.4) is 0 Å². The van der Waals surface area contributed by atoms with Crippen LogP contribution in [0.1, 0.15) is 0 Å². The van der Waals surface area contributed by atoms with Crippen molar-refractivity contribution in [1.29, 1.82) is 0 Å². The van der Waals surface area contributed by atoms with E-state index in [9.17, 15) is 9.59 Å². The first-order chi connectivity index (χ1) is 12.4. The Morgan fingerprint density at radius 3 is 2.46 bits per heavy atom. The van der Waals surface area contributed by atoms with E-state index in [0.29, 0.717) is 21.4 Å². The summed E-state index contributed by atoms with van der Waals surface area (Å²) >= 11 is 15.1. The van der Waals surface area contributed by atoms with Crippen molar-refractivity contribution < 1.29 is 4.79 Å². The molecule has 3 aromatic rings. The molecule has 2 aromatic carbocycles. The quantitative estimate of drug-likeness (QED) is 0.628. The third kappa shape index (κ3) is 4.52. The maximum atomic E-state index is 12.2. The Morgan fingerprint density at radius 1 is 1.04 bits per heavy atom. The largest absolute Gasteiger partial charge is 0.324 e. The molecular weight excluding hydrogens is 441 g/mol. The van der Waals surface area contributed by atoms with Crippen LogP contribution in [-0.4, -0.2) is 15.7 Å². The molecule has 0 aliphatic carbocycles. The standard InChI is InChI=1S/C18H12BrCl2N3O2/c19-12-3-1-11(2-4-12)16-7-8-18(26)24(23-16)10-17(25)22-13-5-6-14(20)15(21)9-13/h1-9H,10H2,(H,22,25). The minimum atomic E-state index is -0.397. The molecule has 1 N–H and O–H groups in total. The second kappa shape index (κ2) is 8.03. The van der Waals surface area contributed by atoms with Gasteiger partial charge in [0.25, 0.3) is 5.56 Å². The highest BCUT2D eigenvalue weighted by atomic mass is 79.9. The number of nitrogens with one attached hydrogen (secondary N) is 1. The fourth-order valence-corrected chi connectivity index (χ4v) is 2.81. The molecule has 8 heteroatoms. The maximum Gasteiger partial charge on any atom is 0.267 e. The van der Waals surface area contributed by atoms with Crippen molar-refractivity contribution in [2.75, 3.05) is 5.32 Å². The van der Waals surface area contributed by atoms with Gasteiger partial charge in [-0.05, 0) is 36.4 Å². The van der Waals surface area contributed by atoms with Crippen LogP contribution < -0.4 is 10.9 Å². The zero-order chi connectivity index (χ0) is 18.7. The third-order valence-corrected chi connectivity index (χ3v) is 4.77. The van der Waals surface area contributed by atoms with E-state index in [0.717, 1.165) is 14.7 Å². The number of rotatable bonds is 4. The van der Waals surface area contributed by atoms with Crippen LogP contribution in [0, 0.1) is 0 Å². The highest BCUT2D eigenvalue weighted by Gasteiger charge is 2.09. The molecule has 0 atom stereocenters. The van der Waals surface area contributed by atoms with Crippen LogP contribution in [0.2, 0.25) is 10.0 Å². The Hall–Kier alpha value is -2.15. The number of anilines is 1. The van der Waals surface area contributed by atoms with Gasteiger partial charge in [-0.2, -0.15) is 5.10 Å². The second-order valence-corrected chi connectivity index (χ2v) is 7.13. The summed E-state index contributed by atoms with van der Waals surface area (Å²) in [7, 11) is 0. The topological polar surface area (TPSA) is 64.0 Å². The van der Waals surface area contributed by atoms with Gasteiger partial charge in [0.05, 0.1) is 15.7 Å². The molecule has 1 amide bonds. The van der Waals surface area contributed by atoms with Gasteiger partial charge in [0.2, 0.25) is 5.91 Å². The van der Waals surface area contributed by atoms with Gasteiger partial charge in [0, 0.05) is 21.8 Å². The molecule has 0 spiro atoms. The van der Waals surface area contributed by atoms with E-state index < -0.39 is 5.91 Å². The normalized spacial score (nSPS) is 10.6. The molecule has 0 unspecified atom stereocenters. The summed E-state index contributed by atoms with van der Waals surface area (Å²) in [5, 5.41) is 7.65. The van der Waals surface area contributed by atoms with Crippen molar-refractivity contribution in [3.05, 3.63) is 79.5 Å². The predicted octanol–water partition coefficient (Wildman–Crippen LogP) is 4.62. The molecule has 26 heavy (non-hydrogen) atoms. The molecular formula is C18H12BrCl2N3O2. The average molecular weight is 453 g/mol. The monoisotopic (exact) mass is 451 g/mol. The first kappa shape index (κ1) is 18.6. The lowest BCUT2D eigenvalue weighted by Crippen LogP contribution is -2.29. The smallest absolute Gasteiger partial charge is 0.267 e. The minimum Gasteiger partial charge on any atom is -0.324 e. The van der Waals surface area contributed by atoms with E-state index in [1.165, 1.54) is 12.1 Å². The number of carbonyl (C=O) groups is 1. The predicted molar refractivity (Wildman–Crippen MR) is 107 cm³/mol. The van der Waals surface area contributed by atoms with E-state index in [4.69, 9.17) is 23.2 Å². The number of nitrogens with zero attached hydrogens (tertiary/aromatic N) is 2. The summed E-state index contributed by atoms with van der Waals surface area (Å²) in [5.41, 5.74) is 1.56. The zero-order valence-corrected chi connectivity index (χ0v) is 16.3. The molecule has 1 heterocycles. The van der Waals surface area contributed by atoms with Crippen molar-refractivity contribution in [2.45, 2.75) is 6.54 Å². The molecule has 0 aliphatic heterocycles. The molecule has 1 aromatic heterocycles. The fraction of sp³-hybridized carbons (Fsp3) is 0.0556. The highest BCUT2D eigenvalue weighted by molar-refractivity contribution is 9.10. The Kier molecular flexibility index (Phi) is 5.76. The van der Waals surface area contributed by atoms with Crippen molar-refractivity contribution >= 4 is 50.7 Å². The van der Waals surface area contributed by atoms with E-state index in [-0.39, 0.29) is 12.1 Å². The molecule has 3 rings (SSSR count). The van der Waals surface area contributed by atoms with Crippen molar-refractivity contribution in [1.82, 2.24) is 9.78 Å². The van der Waals surface area contributed by atoms with Crippen molar-refractivity contribution in [2.24, 2.45) is 0 Å². The summed E-state index contributed by atoms with van der Waals surface area (Å²) in [6.07, 6.45) is 0. The zero-order valence-electron chi connectivity index (χ0n) is 13.2. The third-order valence-electron chi connectivity index (χ3n) is 3.50. The molecule has 0 saturated heterocycles. The van der Waals surface area contributed by atoms with Crippen LogP contribution in [0.25, 0.3) is 11.3 Å². The molecule has 5 nitrogen and oxygen atoms in total. The summed E-state index contributed by atoms with van der Waals surface area (Å²) < 4.78 is 2.06. The number of hydrogen-bond donors (Lipinski definition) is 1.